The number of hydrogen-bond donors (Lipinski definition) is 2. The number of benzene rings is 2. The zero-order valence-electron chi connectivity index (χ0n) is 15.9. The van der Waals surface area contributed by atoms with Crippen molar-refractivity contribution in [2.45, 2.75) is 20.4 Å². The summed E-state index contributed by atoms with van der Waals surface area (Å²) in [5.41, 5.74) is 1.72. The topological polar surface area (TPSA) is 102 Å². The molecule has 0 aliphatic carbocycles. The Hall–Kier alpha value is -3.81. The first-order valence-corrected chi connectivity index (χ1v) is 9.02. The minimum Gasteiger partial charge on any atom is -0.454 e. The summed E-state index contributed by atoms with van der Waals surface area (Å²) in [5, 5.41) is 2.74. The highest BCUT2D eigenvalue weighted by atomic mass is 16.7. The van der Waals surface area contributed by atoms with Crippen molar-refractivity contribution in [2.75, 3.05) is 12.1 Å². The first-order chi connectivity index (χ1) is 13.9. The largest absolute Gasteiger partial charge is 0.454 e. The number of H-pyrrole nitrogens is 1. The van der Waals surface area contributed by atoms with Gasteiger partial charge in [0.1, 0.15) is 5.56 Å². The van der Waals surface area contributed by atoms with Gasteiger partial charge in [0.25, 0.3) is 11.5 Å². The number of carbonyl (C=O) groups excluding carboxylic acids is 1. The summed E-state index contributed by atoms with van der Waals surface area (Å²) in [4.78, 5) is 40.2. The molecule has 4 rings (SSSR count). The van der Waals surface area contributed by atoms with E-state index in [2.05, 4.69) is 10.3 Å². The van der Waals surface area contributed by atoms with Crippen molar-refractivity contribution in [3.05, 3.63) is 85.7 Å². The molecule has 8 nitrogen and oxygen atoms in total. The van der Waals surface area contributed by atoms with E-state index in [1.165, 1.54) is 0 Å². The lowest BCUT2D eigenvalue weighted by atomic mass is 10.1. The van der Waals surface area contributed by atoms with E-state index in [-0.39, 0.29) is 18.9 Å². The van der Waals surface area contributed by atoms with Crippen LogP contribution in [0.1, 0.15) is 27.0 Å². The lowest BCUT2D eigenvalue weighted by Crippen LogP contribution is -2.39. The maximum atomic E-state index is 12.8. The van der Waals surface area contributed by atoms with E-state index in [1.54, 1.807) is 18.2 Å². The van der Waals surface area contributed by atoms with E-state index in [1.807, 2.05) is 32.0 Å². The fourth-order valence-corrected chi connectivity index (χ4v) is 3.10. The summed E-state index contributed by atoms with van der Waals surface area (Å²) >= 11 is 0. The summed E-state index contributed by atoms with van der Waals surface area (Å²) in [6.45, 7) is 3.90. The molecule has 29 heavy (non-hydrogen) atoms. The number of carbonyl (C=O) groups is 1. The molecule has 0 atom stereocenters. The zero-order valence-corrected chi connectivity index (χ0v) is 15.9. The van der Waals surface area contributed by atoms with Crippen molar-refractivity contribution in [3.63, 3.8) is 0 Å². The Morgan fingerprint density at radius 3 is 2.72 bits per heavy atom. The van der Waals surface area contributed by atoms with Crippen molar-refractivity contribution in [1.82, 2.24) is 9.55 Å². The second kappa shape index (κ2) is 7.31. The van der Waals surface area contributed by atoms with Crippen molar-refractivity contribution in [2.24, 2.45) is 0 Å². The van der Waals surface area contributed by atoms with Crippen LogP contribution in [-0.4, -0.2) is 22.3 Å². The SMILES string of the molecule is Cc1ccc(C)c(NC(=O)c2c[nH]c(=O)n(Cc3ccc4c(c3)OCO4)c2=O)c1. The third-order valence-corrected chi connectivity index (χ3v) is 4.72. The van der Waals surface area contributed by atoms with Crippen LogP contribution in [0.25, 0.3) is 0 Å². The molecule has 1 aromatic heterocycles. The first kappa shape index (κ1) is 18.5. The molecule has 0 saturated carbocycles. The Morgan fingerprint density at radius 2 is 1.90 bits per heavy atom. The second-order valence-electron chi connectivity index (χ2n) is 6.86. The molecule has 0 unspecified atom stereocenters. The fraction of sp³-hybridized carbons (Fsp3) is 0.190. The third-order valence-electron chi connectivity index (χ3n) is 4.72. The van der Waals surface area contributed by atoms with Gasteiger partial charge in [-0.25, -0.2) is 4.79 Å². The number of anilines is 1. The minimum atomic E-state index is -0.672. The van der Waals surface area contributed by atoms with Gasteiger partial charge in [-0.3, -0.25) is 14.2 Å². The number of amides is 1. The number of rotatable bonds is 4. The minimum absolute atomic E-state index is 0.00456. The first-order valence-electron chi connectivity index (χ1n) is 9.02. The van der Waals surface area contributed by atoms with Crippen LogP contribution in [0.2, 0.25) is 0 Å². The molecule has 0 radical (unpaired) electrons. The predicted molar refractivity (Wildman–Crippen MR) is 107 cm³/mol. The molecule has 1 aliphatic heterocycles. The normalized spacial score (nSPS) is 12.1. The summed E-state index contributed by atoms with van der Waals surface area (Å²) in [5.74, 6) is 0.576. The fourth-order valence-electron chi connectivity index (χ4n) is 3.10. The third kappa shape index (κ3) is 3.64. The summed E-state index contributed by atoms with van der Waals surface area (Å²) in [7, 11) is 0. The lowest BCUT2D eigenvalue weighted by molar-refractivity contribution is 0.102. The molecule has 1 aliphatic rings. The Morgan fingerprint density at radius 1 is 1.10 bits per heavy atom. The van der Waals surface area contributed by atoms with Gasteiger partial charge in [0.15, 0.2) is 11.5 Å². The van der Waals surface area contributed by atoms with Crippen molar-refractivity contribution in [1.29, 1.82) is 0 Å². The van der Waals surface area contributed by atoms with Gasteiger partial charge in [-0.15, -0.1) is 0 Å². The van der Waals surface area contributed by atoms with Crippen LogP contribution in [0, 0.1) is 13.8 Å². The average molecular weight is 393 g/mol. The van der Waals surface area contributed by atoms with Gasteiger partial charge >= 0.3 is 5.69 Å². The van der Waals surface area contributed by atoms with Gasteiger partial charge in [0.2, 0.25) is 6.79 Å². The van der Waals surface area contributed by atoms with Crippen molar-refractivity contribution in [3.8, 4) is 11.5 Å². The Kier molecular flexibility index (Phi) is 4.67. The number of fused-ring (bicyclic) bond motifs is 1. The zero-order chi connectivity index (χ0) is 20.5. The smallest absolute Gasteiger partial charge is 0.328 e. The molecule has 0 bridgehead atoms. The standard InChI is InChI=1S/C21H19N3O5/c1-12-3-4-13(2)16(7-12)23-19(25)15-9-22-21(27)24(20(15)26)10-14-5-6-17-18(8-14)29-11-28-17/h3-9H,10-11H2,1-2H3,(H,22,27)(H,23,25). The van der Waals surface area contributed by atoms with Crippen LogP contribution in [0.3, 0.4) is 0 Å². The number of hydrogen-bond acceptors (Lipinski definition) is 5. The van der Waals surface area contributed by atoms with E-state index in [0.29, 0.717) is 22.7 Å². The van der Waals surface area contributed by atoms with E-state index in [4.69, 9.17) is 9.47 Å². The van der Waals surface area contributed by atoms with Crippen LogP contribution in [0.4, 0.5) is 5.69 Å². The van der Waals surface area contributed by atoms with E-state index < -0.39 is 17.2 Å². The van der Waals surface area contributed by atoms with Gasteiger partial charge in [-0.1, -0.05) is 18.2 Å². The highest BCUT2D eigenvalue weighted by molar-refractivity contribution is 6.04. The predicted octanol–water partition coefficient (Wildman–Crippen LogP) is 2.18. The van der Waals surface area contributed by atoms with E-state index >= 15 is 0 Å². The molecular formula is C21H19N3O5. The monoisotopic (exact) mass is 393 g/mol. The summed E-state index contributed by atoms with van der Waals surface area (Å²) < 4.78 is 11.6. The molecule has 8 heteroatoms. The Bertz CT molecular complexity index is 1230. The highest BCUT2D eigenvalue weighted by Crippen LogP contribution is 2.32. The number of nitrogens with one attached hydrogen (secondary N) is 2. The second-order valence-corrected chi connectivity index (χ2v) is 6.86. The molecule has 0 saturated heterocycles. The van der Waals surface area contributed by atoms with Crippen LogP contribution < -0.4 is 26.0 Å². The molecular weight excluding hydrogens is 374 g/mol. The summed E-state index contributed by atoms with van der Waals surface area (Å²) in [6.07, 6.45) is 1.14. The molecule has 0 fully saturated rings. The lowest BCUT2D eigenvalue weighted by Gasteiger charge is -2.11. The number of aromatic amines is 1. The van der Waals surface area contributed by atoms with Crippen LogP contribution in [0.5, 0.6) is 11.5 Å². The number of aryl methyl sites for hydroxylation is 2. The maximum absolute atomic E-state index is 12.8. The molecule has 1 amide bonds. The van der Waals surface area contributed by atoms with Gasteiger partial charge in [0, 0.05) is 11.9 Å². The quantitative estimate of drug-likeness (QED) is 0.707. The Balaban J connectivity index is 1.64. The van der Waals surface area contributed by atoms with Gasteiger partial charge in [-0.2, -0.15) is 0 Å². The maximum Gasteiger partial charge on any atom is 0.328 e. The Labute approximate surface area is 165 Å². The van der Waals surface area contributed by atoms with Crippen LogP contribution >= 0.6 is 0 Å². The molecule has 2 aromatic carbocycles. The summed E-state index contributed by atoms with van der Waals surface area (Å²) in [6, 6.07) is 10.8. The average Bonchev–Trinajstić information content (AvgIpc) is 3.15. The van der Waals surface area contributed by atoms with Gasteiger partial charge < -0.3 is 19.8 Å². The molecule has 2 N–H and O–H groups in total. The number of aromatic nitrogens is 2. The molecule has 3 aromatic rings. The van der Waals surface area contributed by atoms with E-state index in [9.17, 15) is 14.4 Å². The number of nitrogens with zero attached hydrogens (tertiary/aromatic N) is 1. The van der Waals surface area contributed by atoms with Crippen LogP contribution in [0.15, 0.2) is 52.2 Å². The highest BCUT2D eigenvalue weighted by Gasteiger charge is 2.18. The van der Waals surface area contributed by atoms with E-state index in [0.717, 1.165) is 21.9 Å². The van der Waals surface area contributed by atoms with Crippen molar-refractivity contribution >= 4 is 11.6 Å². The molecule has 148 valence electrons. The number of ether oxygens (including phenoxy) is 2. The van der Waals surface area contributed by atoms with Crippen LogP contribution in [-0.2, 0) is 6.54 Å². The molecule has 0 spiro atoms. The van der Waals surface area contributed by atoms with Crippen molar-refractivity contribution < 1.29 is 14.3 Å². The van der Waals surface area contributed by atoms with Gasteiger partial charge in [-0.05, 0) is 48.7 Å². The molecule has 2 heterocycles. The van der Waals surface area contributed by atoms with Gasteiger partial charge in [0.05, 0.1) is 6.54 Å².